The highest BCUT2D eigenvalue weighted by Crippen LogP contribution is 2.20. The summed E-state index contributed by atoms with van der Waals surface area (Å²) in [6.45, 7) is 3.60. The van der Waals surface area contributed by atoms with Gasteiger partial charge >= 0.3 is 0 Å². The summed E-state index contributed by atoms with van der Waals surface area (Å²) in [5.74, 6) is 2.69. The molecule has 1 N–H and O–H groups in total. The summed E-state index contributed by atoms with van der Waals surface area (Å²) in [4.78, 5) is 2.60. The number of nitrogens with one attached hydrogen (secondary N) is 1. The lowest BCUT2D eigenvalue weighted by Crippen LogP contribution is -2.47. The summed E-state index contributed by atoms with van der Waals surface area (Å²) in [5, 5.41) is 3.89. The Bertz CT molecular complexity index is 381. The van der Waals surface area contributed by atoms with Gasteiger partial charge in [0, 0.05) is 24.4 Å². The first kappa shape index (κ1) is 14.4. The Morgan fingerprint density at radius 1 is 1.05 bits per heavy atom. The fourth-order valence-electron chi connectivity index (χ4n) is 3.30. The number of nitrogens with zero attached hydrogens (tertiary/aromatic N) is 1. The average molecular weight is 290 g/mol. The van der Waals surface area contributed by atoms with E-state index in [1.807, 2.05) is 0 Å². The molecule has 0 spiro atoms. The number of thioether (sulfide) groups is 1. The Balaban J connectivity index is 1.40. The summed E-state index contributed by atoms with van der Waals surface area (Å²) >= 11 is 2.12. The summed E-state index contributed by atoms with van der Waals surface area (Å²) < 4.78 is 0. The topological polar surface area (TPSA) is 15.3 Å². The number of hydrogen-bond donors (Lipinski definition) is 1. The van der Waals surface area contributed by atoms with Gasteiger partial charge in [0.15, 0.2) is 0 Å². The van der Waals surface area contributed by atoms with Crippen molar-refractivity contribution < 1.29 is 0 Å². The largest absolute Gasteiger partial charge is 0.310 e. The van der Waals surface area contributed by atoms with Crippen LogP contribution in [-0.2, 0) is 6.54 Å². The molecular weight excluding hydrogens is 264 g/mol. The van der Waals surface area contributed by atoms with E-state index in [0.29, 0.717) is 0 Å². The van der Waals surface area contributed by atoms with Gasteiger partial charge in [0.2, 0.25) is 0 Å². The molecule has 0 amide bonds. The summed E-state index contributed by atoms with van der Waals surface area (Å²) in [6, 6.07) is 12.4. The molecule has 1 aromatic rings. The Morgan fingerprint density at radius 2 is 1.85 bits per heavy atom. The van der Waals surface area contributed by atoms with Crippen molar-refractivity contribution in [2.45, 2.75) is 44.3 Å². The molecule has 2 aliphatic heterocycles. The maximum Gasteiger partial charge on any atom is 0.0233 e. The first-order valence-corrected chi connectivity index (χ1v) is 9.16. The molecule has 2 heterocycles. The monoisotopic (exact) mass is 290 g/mol. The van der Waals surface area contributed by atoms with E-state index in [1.165, 1.54) is 55.8 Å². The zero-order chi connectivity index (χ0) is 13.6. The van der Waals surface area contributed by atoms with Crippen LogP contribution in [0.2, 0.25) is 0 Å². The number of hydrogen-bond acceptors (Lipinski definition) is 3. The third kappa shape index (κ3) is 4.24. The highest BCUT2D eigenvalue weighted by molar-refractivity contribution is 7.99. The van der Waals surface area contributed by atoms with E-state index >= 15 is 0 Å². The minimum Gasteiger partial charge on any atom is -0.310 e. The van der Waals surface area contributed by atoms with Crippen LogP contribution in [0.25, 0.3) is 0 Å². The molecule has 2 saturated heterocycles. The Morgan fingerprint density at radius 3 is 2.55 bits per heavy atom. The van der Waals surface area contributed by atoms with Crippen LogP contribution in [0.15, 0.2) is 30.3 Å². The van der Waals surface area contributed by atoms with E-state index < -0.39 is 0 Å². The second-order valence-corrected chi connectivity index (χ2v) is 7.27. The van der Waals surface area contributed by atoms with Crippen molar-refractivity contribution in [3.63, 3.8) is 0 Å². The average Bonchev–Trinajstić information content (AvgIpc) is 2.51. The first-order chi connectivity index (χ1) is 9.90. The normalized spacial score (nSPS) is 25.7. The second-order valence-electron chi connectivity index (χ2n) is 6.12. The van der Waals surface area contributed by atoms with Crippen LogP contribution in [-0.4, -0.2) is 41.6 Å². The number of piperidine rings is 1. The van der Waals surface area contributed by atoms with Gasteiger partial charge in [0.05, 0.1) is 0 Å². The van der Waals surface area contributed by atoms with Crippen LogP contribution in [0.4, 0.5) is 0 Å². The second kappa shape index (κ2) is 7.48. The summed E-state index contributed by atoms with van der Waals surface area (Å²) in [5.41, 5.74) is 1.45. The predicted molar refractivity (Wildman–Crippen MR) is 88.2 cm³/mol. The molecule has 3 rings (SSSR count). The van der Waals surface area contributed by atoms with Gasteiger partial charge < -0.3 is 5.32 Å². The van der Waals surface area contributed by atoms with Crippen LogP contribution in [0.5, 0.6) is 0 Å². The first-order valence-electron chi connectivity index (χ1n) is 8.00. The molecule has 0 radical (unpaired) electrons. The lowest BCUT2D eigenvalue weighted by Gasteiger charge is -2.35. The maximum absolute atomic E-state index is 3.89. The molecule has 1 unspecified atom stereocenters. The van der Waals surface area contributed by atoms with Crippen molar-refractivity contribution in [2.24, 2.45) is 0 Å². The van der Waals surface area contributed by atoms with Crippen molar-refractivity contribution >= 4 is 11.8 Å². The number of benzene rings is 1. The van der Waals surface area contributed by atoms with E-state index in [9.17, 15) is 0 Å². The van der Waals surface area contributed by atoms with Crippen LogP contribution < -0.4 is 5.32 Å². The van der Waals surface area contributed by atoms with Crippen molar-refractivity contribution in [1.29, 1.82) is 0 Å². The van der Waals surface area contributed by atoms with E-state index in [1.54, 1.807) is 0 Å². The molecule has 0 aromatic heterocycles. The van der Waals surface area contributed by atoms with Gasteiger partial charge in [-0.2, -0.15) is 11.8 Å². The van der Waals surface area contributed by atoms with Gasteiger partial charge in [-0.1, -0.05) is 30.3 Å². The van der Waals surface area contributed by atoms with Crippen molar-refractivity contribution in [1.82, 2.24) is 10.2 Å². The summed E-state index contributed by atoms with van der Waals surface area (Å²) in [6.07, 6.45) is 5.41. The van der Waals surface area contributed by atoms with Crippen molar-refractivity contribution in [2.75, 3.05) is 24.6 Å². The number of rotatable bonds is 4. The quantitative estimate of drug-likeness (QED) is 0.917. The Hall–Kier alpha value is -0.510. The molecule has 2 aliphatic rings. The van der Waals surface area contributed by atoms with E-state index in [4.69, 9.17) is 0 Å². The SMILES string of the molecule is c1ccc(CN2CCC(NC3CCCSC3)CC2)cc1. The predicted octanol–water partition coefficient (Wildman–Crippen LogP) is 3.14. The standard InChI is InChI=1S/C17H26N2S/c1-2-5-15(6-3-1)13-19-10-8-16(9-11-19)18-17-7-4-12-20-14-17/h1-3,5-6,16-18H,4,7-14H2. The Labute approximate surface area is 127 Å². The van der Waals surface area contributed by atoms with E-state index in [2.05, 4.69) is 52.3 Å². The Kier molecular flexibility index (Phi) is 5.40. The van der Waals surface area contributed by atoms with Crippen molar-refractivity contribution in [3.8, 4) is 0 Å². The van der Waals surface area contributed by atoms with Crippen LogP contribution >= 0.6 is 11.8 Å². The lowest BCUT2D eigenvalue weighted by atomic mass is 10.0. The molecule has 2 nitrogen and oxygen atoms in total. The molecule has 2 fully saturated rings. The highest BCUT2D eigenvalue weighted by atomic mass is 32.2. The fourth-order valence-corrected chi connectivity index (χ4v) is 4.39. The molecule has 3 heteroatoms. The van der Waals surface area contributed by atoms with Gasteiger partial charge in [-0.15, -0.1) is 0 Å². The smallest absolute Gasteiger partial charge is 0.0233 e. The highest BCUT2D eigenvalue weighted by Gasteiger charge is 2.22. The molecule has 1 aromatic carbocycles. The van der Waals surface area contributed by atoms with Gasteiger partial charge in [-0.3, -0.25) is 4.90 Å². The van der Waals surface area contributed by atoms with Gasteiger partial charge in [0.1, 0.15) is 0 Å². The molecule has 0 saturated carbocycles. The molecular formula is C17H26N2S. The molecule has 0 aliphatic carbocycles. The molecule has 20 heavy (non-hydrogen) atoms. The third-order valence-electron chi connectivity index (χ3n) is 4.47. The minimum atomic E-state index is 0.755. The minimum absolute atomic E-state index is 0.755. The maximum atomic E-state index is 3.89. The van der Waals surface area contributed by atoms with Gasteiger partial charge in [0.25, 0.3) is 0 Å². The fraction of sp³-hybridized carbons (Fsp3) is 0.647. The van der Waals surface area contributed by atoms with E-state index in [-0.39, 0.29) is 0 Å². The van der Waals surface area contributed by atoms with Crippen LogP contribution in [0.1, 0.15) is 31.2 Å². The zero-order valence-corrected chi connectivity index (χ0v) is 13.1. The van der Waals surface area contributed by atoms with Crippen molar-refractivity contribution in [3.05, 3.63) is 35.9 Å². The summed E-state index contributed by atoms with van der Waals surface area (Å²) in [7, 11) is 0. The van der Waals surface area contributed by atoms with Crippen LogP contribution in [0.3, 0.4) is 0 Å². The number of likely N-dealkylation sites (tertiary alicyclic amines) is 1. The van der Waals surface area contributed by atoms with Gasteiger partial charge in [-0.25, -0.2) is 0 Å². The lowest BCUT2D eigenvalue weighted by molar-refractivity contribution is 0.184. The van der Waals surface area contributed by atoms with E-state index in [0.717, 1.165) is 18.6 Å². The molecule has 0 bridgehead atoms. The molecule has 1 atom stereocenters. The molecule has 110 valence electrons. The zero-order valence-electron chi connectivity index (χ0n) is 12.3. The third-order valence-corrected chi connectivity index (χ3v) is 5.68. The van der Waals surface area contributed by atoms with Gasteiger partial charge in [-0.05, 0) is 50.1 Å². The van der Waals surface area contributed by atoms with Crippen LogP contribution in [0, 0.1) is 0 Å².